The average molecular weight is 454 g/mol. The van der Waals surface area contributed by atoms with E-state index in [2.05, 4.69) is 17.2 Å². The number of aryl methyl sites for hydroxylation is 2. The quantitative estimate of drug-likeness (QED) is 0.468. The molecule has 1 aromatic heterocycles. The second-order valence-corrected chi connectivity index (χ2v) is 8.70. The van der Waals surface area contributed by atoms with Gasteiger partial charge in [0.15, 0.2) is 5.17 Å². The van der Waals surface area contributed by atoms with Gasteiger partial charge in [-0.05, 0) is 85.6 Å². The lowest BCUT2D eigenvalue weighted by Gasteiger charge is -2.10. The summed E-state index contributed by atoms with van der Waals surface area (Å²) >= 11 is 7.27. The molecule has 0 spiro atoms. The second-order valence-electron chi connectivity index (χ2n) is 7.26. The zero-order valence-corrected chi connectivity index (χ0v) is 18.9. The van der Waals surface area contributed by atoms with Crippen molar-refractivity contribution in [1.82, 2.24) is 9.88 Å². The molecule has 0 radical (unpaired) electrons. The van der Waals surface area contributed by atoms with Crippen LogP contribution in [0.15, 0.2) is 58.4 Å². The standard InChI is InChI=1S/C24H21ClFN3OS/c1-4-16-5-7-18(8-6-16)27-24-28-23(30)22(31-24)12-17-11-14(2)29(15(17)3)19-9-10-21(26)20(25)13-19/h5-13H,4H2,1-3H3,(H,27,28,30)/b22-12-. The number of benzene rings is 2. The van der Waals surface area contributed by atoms with Crippen LogP contribution in [0, 0.1) is 19.7 Å². The minimum absolute atomic E-state index is 0.0726. The smallest absolute Gasteiger partial charge is 0.264 e. The Balaban J connectivity index is 1.62. The highest BCUT2D eigenvalue weighted by atomic mass is 35.5. The van der Waals surface area contributed by atoms with E-state index in [1.54, 1.807) is 12.1 Å². The molecule has 1 aliphatic heterocycles. The maximum Gasteiger partial charge on any atom is 0.264 e. The fourth-order valence-electron chi connectivity index (χ4n) is 3.50. The van der Waals surface area contributed by atoms with Crippen LogP contribution in [-0.4, -0.2) is 15.6 Å². The van der Waals surface area contributed by atoms with Gasteiger partial charge in [-0.25, -0.2) is 9.38 Å². The van der Waals surface area contributed by atoms with Gasteiger partial charge >= 0.3 is 0 Å². The molecule has 158 valence electrons. The summed E-state index contributed by atoms with van der Waals surface area (Å²) < 4.78 is 15.5. The highest BCUT2D eigenvalue weighted by Crippen LogP contribution is 2.31. The number of aliphatic imine (C=N–C) groups is 1. The van der Waals surface area contributed by atoms with E-state index in [-0.39, 0.29) is 10.9 Å². The molecular weight excluding hydrogens is 433 g/mol. The lowest BCUT2D eigenvalue weighted by atomic mass is 10.2. The average Bonchev–Trinajstić information content (AvgIpc) is 3.23. The Morgan fingerprint density at radius 3 is 2.58 bits per heavy atom. The van der Waals surface area contributed by atoms with Gasteiger partial charge < -0.3 is 9.88 Å². The number of aromatic nitrogens is 1. The van der Waals surface area contributed by atoms with Gasteiger partial charge in [-0.15, -0.1) is 0 Å². The van der Waals surface area contributed by atoms with Crippen LogP contribution < -0.4 is 5.32 Å². The van der Waals surface area contributed by atoms with Crippen LogP contribution in [0.2, 0.25) is 5.02 Å². The van der Waals surface area contributed by atoms with Gasteiger partial charge in [-0.1, -0.05) is 30.7 Å². The molecule has 0 atom stereocenters. The first-order valence-corrected chi connectivity index (χ1v) is 11.1. The van der Waals surface area contributed by atoms with Gasteiger partial charge in [-0.2, -0.15) is 0 Å². The topological polar surface area (TPSA) is 46.4 Å². The predicted octanol–water partition coefficient (Wildman–Crippen LogP) is 6.34. The lowest BCUT2D eigenvalue weighted by Crippen LogP contribution is -2.19. The maximum atomic E-state index is 13.6. The summed E-state index contributed by atoms with van der Waals surface area (Å²) in [5, 5.41) is 3.46. The SMILES string of the molecule is CCc1ccc(N=C2NC(=O)/C(=C/c3cc(C)n(-c4ccc(F)c(Cl)c4)c3C)S2)cc1. The molecule has 1 N–H and O–H groups in total. The van der Waals surface area contributed by atoms with Crippen molar-refractivity contribution in [3.63, 3.8) is 0 Å². The van der Waals surface area contributed by atoms with Gasteiger partial charge in [-0.3, -0.25) is 4.79 Å². The number of hydrogen-bond donors (Lipinski definition) is 1. The Labute approximate surface area is 189 Å². The fraction of sp³-hybridized carbons (Fsp3) is 0.167. The summed E-state index contributed by atoms with van der Waals surface area (Å²) in [4.78, 5) is 17.6. The molecule has 3 aromatic rings. The summed E-state index contributed by atoms with van der Waals surface area (Å²) in [5.41, 5.74) is 5.61. The molecule has 31 heavy (non-hydrogen) atoms. The number of nitrogens with zero attached hydrogens (tertiary/aromatic N) is 2. The van der Waals surface area contributed by atoms with Crippen molar-refractivity contribution in [2.45, 2.75) is 27.2 Å². The van der Waals surface area contributed by atoms with E-state index in [0.29, 0.717) is 10.1 Å². The number of amides is 1. The maximum absolute atomic E-state index is 13.6. The largest absolute Gasteiger partial charge is 0.318 e. The number of amidine groups is 1. The first kappa shape index (κ1) is 21.4. The summed E-state index contributed by atoms with van der Waals surface area (Å²) in [6.45, 7) is 6.02. The number of rotatable bonds is 4. The van der Waals surface area contributed by atoms with Gasteiger partial charge in [0.05, 0.1) is 15.6 Å². The van der Waals surface area contributed by atoms with Crippen LogP contribution in [0.3, 0.4) is 0 Å². The number of thioether (sulfide) groups is 1. The summed E-state index contributed by atoms with van der Waals surface area (Å²) in [7, 11) is 0. The van der Waals surface area contributed by atoms with E-state index >= 15 is 0 Å². The Morgan fingerprint density at radius 2 is 1.90 bits per heavy atom. The fourth-order valence-corrected chi connectivity index (χ4v) is 4.51. The van der Waals surface area contributed by atoms with Gasteiger partial charge in [0, 0.05) is 17.1 Å². The monoisotopic (exact) mass is 453 g/mol. The highest BCUT2D eigenvalue weighted by molar-refractivity contribution is 8.18. The third-order valence-corrected chi connectivity index (χ3v) is 6.34. The molecule has 1 aliphatic rings. The van der Waals surface area contributed by atoms with Gasteiger partial charge in [0.25, 0.3) is 5.91 Å². The minimum atomic E-state index is -0.453. The molecule has 0 bridgehead atoms. The normalized spacial score (nSPS) is 16.4. The van der Waals surface area contributed by atoms with E-state index in [4.69, 9.17) is 11.6 Å². The van der Waals surface area contributed by atoms with Crippen molar-refractivity contribution in [3.05, 3.63) is 86.8 Å². The molecule has 2 heterocycles. The van der Waals surface area contributed by atoms with Crippen molar-refractivity contribution >= 4 is 46.2 Å². The summed E-state index contributed by atoms with van der Waals surface area (Å²) in [6.07, 6.45) is 2.82. The molecule has 0 saturated carbocycles. The Morgan fingerprint density at radius 1 is 1.16 bits per heavy atom. The molecule has 4 rings (SSSR count). The van der Waals surface area contributed by atoms with Crippen LogP contribution in [0.5, 0.6) is 0 Å². The van der Waals surface area contributed by atoms with Crippen molar-refractivity contribution < 1.29 is 9.18 Å². The van der Waals surface area contributed by atoms with Crippen LogP contribution in [0.1, 0.15) is 29.4 Å². The van der Waals surface area contributed by atoms with E-state index < -0.39 is 5.82 Å². The van der Waals surface area contributed by atoms with E-state index in [1.807, 2.05) is 54.8 Å². The Hall–Kier alpha value is -2.83. The van der Waals surface area contributed by atoms with Crippen molar-refractivity contribution in [1.29, 1.82) is 0 Å². The number of hydrogen-bond acceptors (Lipinski definition) is 3. The molecule has 2 aromatic carbocycles. The van der Waals surface area contributed by atoms with Gasteiger partial charge in [0.1, 0.15) is 5.82 Å². The van der Waals surface area contributed by atoms with Crippen LogP contribution in [0.4, 0.5) is 10.1 Å². The number of carbonyl (C=O) groups is 1. The predicted molar refractivity (Wildman–Crippen MR) is 127 cm³/mol. The number of nitrogens with one attached hydrogen (secondary N) is 1. The number of carbonyl (C=O) groups excluding carboxylic acids is 1. The molecule has 4 nitrogen and oxygen atoms in total. The van der Waals surface area contributed by atoms with Crippen molar-refractivity contribution in [3.8, 4) is 5.69 Å². The molecule has 0 unspecified atom stereocenters. The first-order chi connectivity index (χ1) is 14.9. The molecule has 7 heteroatoms. The summed E-state index contributed by atoms with van der Waals surface area (Å²) in [6, 6.07) is 14.6. The highest BCUT2D eigenvalue weighted by Gasteiger charge is 2.24. The summed E-state index contributed by atoms with van der Waals surface area (Å²) in [5.74, 6) is -0.631. The molecule has 1 saturated heterocycles. The zero-order valence-electron chi connectivity index (χ0n) is 17.4. The van der Waals surface area contributed by atoms with E-state index in [1.165, 1.54) is 23.4 Å². The Bertz CT molecular complexity index is 1230. The van der Waals surface area contributed by atoms with Crippen LogP contribution in [-0.2, 0) is 11.2 Å². The van der Waals surface area contributed by atoms with Crippen LogP contribution in [0.25, 0.3) is 11.8 Å². The molecule has 1 fully saturated rings. The van der Waals surface area contributed by atoms with E-state index in [9.17, 15) is 9.18 Å². The number of halogens is 2. The molecule has 0 aliphatic carbocycles. The zero-order chi connectivity index (χ0) is 22.1. The van der Waals surface area contributed by atoms with Crippen LogP contribution >= 0.6 is 23.4 Å². The molecular formula is C24H21ClFN3OS. The first-order valence-electron chi connectivity index (χ1n) is 9.88. The van der Waals surface area contributed by atoms with Crippen molar-refractivity contribution in [2.24, 2.45) is 4.99 Å². The third kappa shape index (κ3) is 4.45. The van der Waals surface area contributed by atoms with Gasteiger partial charge in [0.2, 0.25) is 0 Å². The molecule has 1 amide bonds. The third-order valence-electron chi connectivity index (χ3n) is 5.14. The second kappa shape index (κ2) is 8.73. The van der Waals surface area contributed by atoms with Crippen molar-refractivity contribution in [2.75, 3.05) is 0 Å². The lowest BCUT2D eigenvalue weighted by molar-refractivity contribution is -0.115. The Kier molecular flexibility index (Phi) is 6.03. The van der Waals surface area contributed by atoms with E-state index in [0.717, 1.165) is 34.7 Å². The minimum Gasteiger partial charge on any atom is -0.318 e.